The first kappa shape index (κ1) is 12.1. The van der Waals surface area contributed by atoms with Gasteiger partial charge in [0.2, 0.25) is 0 Å². The third-order valence-corrected chi connectivity index (χ3v) is 2.79. The van der Waals surface area contributed by atoms with Gasteiger partial charge >= 0.3 is 0 Å². The van der Waals surface area contributed by atoms with E-state index in [2.05, 4.69) is 61.9 Å². The zero-order valence-electron chi connectivity index (χ0n) is 10.3. The Labute approximate surface area is 93.5 Å². The van der Waals surface area contributed by atoms with Gasteiger partial charge in [0.05, 0.1) is 6.67 Å². The lowest BCUT2D eigenvalue weighted by molar-refractivity contribution is 0.351. The third-order valence-electron chi connectivity index (χ3n) is 2.79. The van der Waals surface area contributed by atoms with Gasteiger partial charge in [-0.2, -0.15) is 0 Å². The van der Waals surface area contributed by atoms with E-state index in [0.717, 1.165) is 19.8 Å². The summed E-state index contributed by atoms with van der Waals surface area (Å²) >= 11 is 0. The van der Waals surface area contributed by atoms with Gasteiger partial charge in [0, 0.05) is 12.2 Å². The second-order valence-electron chi connectivity index (χ2n) is 3.96. The number of para-hydroxylation sites is 1. The van der Waals surface area contributed by atoms with Gasteiger partial charge in [-0.1, -0.05) is 25.1 Å². The maximum Gasteiger partial charge on any atom is 0.0704 e. The first-order valence-corrected chi connectivity index (χ1v) is 5.68. The van der Waals surface area contributed by atoms with E-state index in [1.54, 1.807) is 0 Å². The van der Waals surface area contributed by atoms with Crippen molar-refractivity contribution in [3.63, 3.8) is 0 Å². The average molecular weight is 206 g/mol. The standard InChI is InChI=1S/C13H22N2/c1-5-14(4)11-15(6-2)13-10-8-7-9-12(13)3/h7-10H,5-6,11H2,1-4H3. The highest BCUT2D eigenvalue weighted by Crippen LogP contribution is 2.18. The predicted molar refractivity (Wildman–Crippen MR) is 67.4 cm³/mol. The van der Waals surface area contributed by atoms with Crippen LogP contribution in [0.4, 0.5) is 5.69 Å². The SMILES string of the molecule is CCN(C)CN(CC)c1ccccc1C. The molecule has 84 valence electrons. The van der Waals surface area contributed by atoms with Crippen LogP contribution in [0.25, 0.3) is 0 Å². The molecule has 0 spiro atoms. The summed E-state index contributed by atoms with van der Waals surface area (Å²) in [5, 5.41) is 0. The zero-order valence-corrected chi connectivity index (χ0v) is 10.3. The van der Waals surface area contributed by atoms with Crippen molar-refractivity contribution in [2.45, 2.75) is 20.8 Å². The Morgan fingerprint density at radius 3 is 2.27 bits per heavy atom. The van der Waals surface area contributed by atoms with E-state index < -0.39 is 0 Å². The van der Waals surface area contributed by atoms with Crippen LogP contribution in [0.5, 0.6) is 0 Å². The lowest BCUT2D eigenvalue weighted by atomic mass is 10.2. The van der Waals surface area contributed by atoms with Crippen LogP contribution in [0.1, 0.15) is 19.4 Å². The molecule has 0 saturated carbocycles. The van der Waals surface area contributed by atoms with Gasteiger partial charge in [0.25, 0.3) is 0 Å². The number of nitrogens with zero attached hydrogens (tertiary/aromatic N) is 2. The summed E-state index contributed by atoms with van der Waals surface area (Å²) in [7, 11) is 2.15. The Hall–Kier alpha value is -1.02. The second kappa shape index (κ2) is 5.76. The van der Waals surface area contributed by atoms with Crippen molar-refractivity contribution in [2.24, 2.45) is 0 Å². The molecule has 0 fully saturated rings. The van der Waals surface area contributed by atoms with Gasteiger partial charge in [-0.15, -0.1) is 0 Å². The predicted octanol–water partition coefficient (Wildman–Crippen LogP) is 2.73. The van der Waals surface area contributed by atoms with Crippen molar-refractivity contribution < 1.29 is 0 Å². The Kier molecular flexibility index (Phi) is 4.63. The van der Waals surface area contributed by atoms with Crippen molar-refractivity contribution in [3.8, 4) is 0 Å². The zero-order chi connectivity index (χ0) is 11.3. The van der Waals surface area contributed by atoms with Gasteiger partial charge in [-0.05, 0) is 39.1 Å². The van der Waals surface area contributed by atoms with Crippen LogP contribution in [0.2, 0.25) is 0 Å². The fourth-order valence-electron chi connectivity index (χ4n) is 1.66. The first-order valence-electron chi connectivity index (χ1n) is 5.68. The summed E-state index contributed by atoms with van der Waals surface area (Å²) < 4.78 is 0. The van der Waals surface area contributed by atoms with E-state index in [9.17, 15) is 0 Å². The van der Waals surface area contributed by atoms with Crippen LogP contribution < -0.4 is 4.90 Å². The summed E-state index contributed by atoms with van der Waals surface area (Å²) in [5.74, 6) is 0. The Morgan fingerprint density at radius 1 is 1.07 bits per heavy atom. The summed E-state index contributed by atoms with van der Waals surface area (Å²) in [6.07, 6.45) is 0. The third kappa shape index (κ3) is 3.24. The molecule has 2 heteroatoms. The molecule has 2 nitrogen and oxygen atoms in total. The molecule has 0 aromatic heterocycles. The smallest absolute Gasteiger partial charge is 0.0704 e. The molecule has 0 unspecified atom stereocenters. The molecule has 0 heterocycles. The molecule has 0 aliphatic rings. The largest absolute Gasteiger partial charge is 0.359 e. The number of hydrogen-bond acceptors (Lipinski definition) is 2. The van der Waals surface area contributed by atoms with Gasteiger partial charge in [0.15, 0.2) is 0 Å². The molecule has 1 aromatic rings. The molecule has 0 N–H and O–H groups in total. The van der Waals surface area contributed by atoms with Crippen molar-refractivity contribution in [1.29, 1.82) is 0 Å². The highest BCUT2D eigenvalue weighted by molar-refractivity contribution is 5.52. The lowest BCUT2D eigenvalue weighted by Gasteiger charge is -2.29. The fraction of sp³-hybridized carbons (Fsp3) is 0.538. The Bertz CT molecular complexity index is 296. The van der Waals surface area contributed by atoms with Crippen molar-refractivity contribution in [1.82, 2.24) is 4.90 Å². The summed E-state index contributed by atoms with van der Waals surface area (Å²) in [4.78, 5) is 4.72. The van der Waals surface area contributed by atoms with Crippen molar-refractivity contribution in [3.05, 3.63) is 29.8 Å². The Balaban J connectivity index is 2.78. The molecular formula is C13H22N2. The minimum Gasteiger partial charge on any atom is -0.359 e. The fourth-order valence-corrected chi connectivity index (χ4v) is 1.66. The normalized spacial score (nSPS) is 10.7. The molecule has 0 radical (unpaired) electrons. The lowest BCUT2D eigenvalue weighted by Crippen LogP contribution is -2.35. The van der Waals surface area contributed by atoms with Crippen LogP contribution in [0.3, 0.4) is 0 Å². The van der Waals surface area contributed by atoms with E-state index in [1.807, 2.05) is 0 Å². The molecule has 15 heavy (non-hydrogen) atoms. The molecule has 1 aromatic carbocycles. The molecule has 0 aliphatic carbocycles. The van der Waals surface area contributed by atoms with E-state index in [0.29, 0.717) is 0 Å². The van der Waals surface area contributed by atoms with E-state index in [1.165, 1.54) is 11.3 Å². The number of aryl methyl sites for hydroxylation is 1. The molecule has 0 amide bonds. The average Bonchev–Trinajstić information content (AvgIpc) is 2.26. The minimum atomic E-state index is 0.998. The highest BCUT2D eigenvalue weighted by Gasteiger charge is 2.07. The van der Waals surface area contributed by atoms with E-state index in [4.69, 9.17) is 0 Å². The van der Waals surface area contributed by atoms with Crippen molar-refractivity contribution >= 4 is 5.69 Å². The number of benzene rings is 1. The van der Waals surface area contributed by atoms with E-state index in [-0.39, 0.29) is 0 Å². The molecule has 0 saturated heterocycles. The second-order valence-corrected chi connectivity index (χ2v) is 3.96. The Morgan fingerprint density at radius 2 is 1.73 bits per heavy atom. The van der Waals surface area contributed by atoms with Crippen molar-refractivity contribution in [2.75, 3.05) is 31.7 Å². The minimum absolute atomic E-state index is 0.998. The summed E-state index contributed by atoms with van der Waals surface area (Å²) in [6, 6.07) is 8.57. The molecule has 0 atom stereocenters. The van der Waals surface area contributed by atoms with Crippen LogP contribution >= 0.6 is 0 Å². The maximum absolute atomic E-state index is 2.40. The molecule has 1 rings (SSSR count). The van der Waals surface area contributed by atoms with Crippen LogP contribution in [-0.4, -0.2) is 31.7 Å². The number of hydrogen-bond donors (Lipinski definition) is 0. The molecule has 0 bridgehead atoms. The number of anilines is 1. The van der Waals surface area contributed by atoms with Gasteiger partial charge in [-0.25, -0.2) is 0 Å². The van der Waals surface area contributed by atoms with E-state index >= 15 is 0 Å². The van der Waals surface area contributed by atoms with Crippen LogP contribution in [0.15, 0.2) is 24.3 Å². The van der Waals surface area contributed by atoms with Crippen LogP contribution in [-0.2, 0) is 0 Å². The van der Waals surface area contributed by atoms with Crippen LogP contribution in [0, 0.1) is 6.92 Å². The number of rotatable bonds is 5. The maximum atomic E-state index is 2.40. The molecular weight excluding hydrogens is 184 g/mol. The summed E-state index contributed by atoms with van der Waals surface area (Å²) in [6.45, 7) is 9.70. The van der Waals surface area contributed by atoms with Gasteiger partial charge in [0.1, 0.15) is 0 Å². The topological polar surface area (TPSA) is 6.48 Å². The summed E-state index contributed by atoms with van der Waals surface area (Å²) in [5.41, 5.74) is 2.70. The highest BCUT2D eigenvalue weighted by atomic mass is 15.3. The van der Waals surface area contributed by atoms with Gasteiger partial charge < -0.3 is 4.90 Å². The first-order chi connectivity index (χ1) is 7.19. The molecule has 0 aliphatic heterocycles. The quantitative estimate of drug-likeness (QED) is 0.683. The monoisotopic (exact) mass is 206 g/mol. The van der Waals surface area contributed by atoms with Gasteiger partial charge in [-0.3, -0.25) is 4.90 Å².